The van der Waals surface area contributed by atoms with Gasteiger partial charge in [0.2, 0.25) is 5.91 Å². The number of benzene rings is 1. The zero-order valence-electron chi connectivity index (χ0n) is 8.91. The molecule has 0 aliphatic rings. The molecule has 0 unspecified atom stereocenters. The minimum Gasteiger partial charge on any atom is -0.367 e. The van der Waals surface area contributed by atoms with Crippen molar-refractivity contribution < 1.29 is 13.9 Å². The Morgan fingerprint density at radius 1 is 1.44 bits per heavy atom. The third-order valence-corrected chi connectivity index (χ3v) is 1.92. The van der Waals surface area contributed by atoms with E-state index in [0.29, 0.717) is 18.7 Å². The van der Waals surface area contributed by atoms with Gasteiger partial charge in [-0.05, 0) is 6.07 Å². The summed E-state index contributed by atoms with van der Waals surface area (Å²) in [7, 11) is 0. The van der Waals surface area contributed by atoms with Crippen LogP contribution >= 0.6 is 0 Å². The SMILES string of the molecule is NCCNC(=O)COCc1ccccc1F. The van der Waals surface area contributed by atoms with Crippen LogP contribution < -0.4 is 11.1 Å². The lowest BCUT2D eigenvalue weighted by atomic mass is 10.2. The van der Waals surface area contributed by atoms with Crippen LogP contribution in [0.3, 0.4) is 0 Å². The first-order chi connectivity index (χ1) is 7.74. The number of carbonyl (C=O) groups is 1. The van der Waals surface area contributed by atoms with Crippen molar-refractivity contribution in [2.45, 2.75) is 6.61 Å². The number of ether oxygens (including phenoxy) is 1. The highest BCUT2D eigenvalue weighted by Gasteiger charge is 2.03. The van der Waals surface area contributed by atoms with E-state index in [2.05, 4.69) is 5.32 Å². The molecule has 1 aromatic rings. The van der Waals surface area contributed by atoms with Gasteiger partial charge in [0.1, 0.15) is 12.4 Å². The van der Waals surface area contributed by atoms with Gasteiger partial charge < -0.3 is 15.8 Å². The third-order valence-electron chi connectivity index (χ3n) is 1.92. The maximum Gasteiger partial charge on any atom is 0.246 e. The number of amides is 1. The highest BCUT2D eigenvalue weighted by atomic mass is 19.1. The summed E-state index contributed by atoms with van der Waals surface area (Å²) in [4.78, 5) is 11.1. The number of carbonyl (C=O) groups excluding carboxylic acids is 1. The van der Waals surface area contributed by atoms with E-state index < -0.39 is 0 Å². The molecule has 16 heavy (non-hydrogen) atoms. The van der Waals surface area contributed by atoms with Crippen LogP contribution in [0.5, 0.6) is 0 Å². The van der Waals surface area contributed by atoms with Gasteiger partial charge in [-0.2, -0.15) is 0 Å². The molecule has 0 bridgehead atoms. The van der Waals surface area contributed by atoms with Gasteiger partial charge in [-0.1, -0.05) is 18.2 Å². The predicted molar refractivity (Wildman–Crippen MR) is 58.1 cm³/mol. The van der Waals surface area contributed by atoms with Crippen molar-refractivity contribution in [3.05, 3.63) is 35.6 Å². The molecule has 4 nitrogen and oxygen atoms in total. The average molecular weight is 226 g/mol. The van der Waals surface area contributed by atoms with Crippen molar-refractivity contribution in [1.29, 1.82) is 0 Å². The van der Waals surface area contributed by atoms with Crippen LogP contribution in [0, 0.1) is 5.82 Å². The molecule has 0 heterocycles. The largest absolute Gasteiger partial charge is 0.367 e. The Bertz CT molecular complexity index is 345. The van der Waals surface area contributed by atoms with Crippen molar-refractivity contribution >= 4 is 5.91 Å². The Balaban J connectivity index is 2.25. The zero-order valence-corrected chi connectivity index (χ0v) is 8.91. The number of nitrogens with one attached hydrogen (secondary N) is 1. The summed E-state index contributed by atoms with van der Waals surface area (Å²) >= 11 is 0. The first kappa shape index (κ1) is 12.6. The molecule has 0 atom stereocenters. The molecule has 0 radical (unpaired) electrons. The van der Waals surface area contributed by atoms with E-state index in [1.807, 2.05) is 0 Å². The van der Waals surface area contributed by atoms with Crippen molar-refractivity contribution in [1.82, 2.24) is 5.32 Å². The van der Waals surface area contributed by atoms with E-state index in [1.54, 1.807) is 18.2 Å². The third kappa shape index (κ3) is 4.37. The summed E-state index contributed by atoms with van der Waals surface area (Å²) in [5.41, 5.74) is 5.65. The maximum absolute atomic E-state index is 13.1. The second-order valence-electron chi connectivity index (χ2n) is 3.22. The molecule has 0 aromatic heterocycles. The van der Waals surface area contributed by atoms with E-state index in [4.69, 9.17) is 10.5 Å². The number of halogens is 1. The predicted octanol–water partition coefficient (Wildman–Crippen LogP) is 0.417. The van der Waals surface area contributed by atoms with Crippen molar-refractivity contribution in [3.63, 3.8) is 0 Å². The summed E-state index contributed by atoms with van der Waals surface area (Å²) in [6.07, 6.45) is 0. The van der Waals surface area contributed by atoms with Gasteiger partial charge in [0.15, 0.2) is 0 Å². The van der Waals surface area contributed by atoms with E-state index in [9.17, 15) is 9.18 Å². The lowest BCUT2D eigenvalue weighted by Crippen LogP contribution is -2.31. The Kier molecular flexibility index (Phi) is 5.45. The van der Waals surface area contributed by atoms with Crippen molar-refractivity contribution in [2.24, 2.45) is 5.73 Å². The second-order valence-corrected chi connectivity index (χ2v) is 3.22. The summed E-state index contributed by atoms with van der Waals surface area (Å²) in [6.45, 7) is 0.804. The van der Waals surface area contributed by atoms with Gasteiger partial charge >= 0.3 is 0 Å². The van der Waals surface area contributed by atoms with Crippen molar-refractivity contribution in [3.8, 4) is 0 Å². The van der Waals surface area contributed by atoms with E-state index in [1.165, 1.54) is 6.07 Å². The minimum atomic E-state index is -0.329. The van der Waals surface area contributed by atoms with Crippen LogP contribution in [0.2, 0.25) is 0 Å². The van der Waals surface area contributed by atoms with E-state index in [0.717, 1.165) is 0 Å². The Hall–Kier alpha value is -1.46. The molecule has 1 aromatic carbocycles. The fourth-order valence-electron chi connectivity index (χ4n) is 1.13. The fourth-order valence-corrected chi connectivity index (χ4v) is 1.13. The lowest BCUT2D eigenvalue weighted by molar-refractivity contribution is -0.126. The smallest absolute Gasteiger partial charge is 0.246 e. The van der Waals surface area contributed by atoms with Gasteiger partial charge in [0.05, 0.1) is 6.61 Å². The van der Waals surface area contributed by atoms with Crippen LogP contribution in [0.1, 0.15) is 5.56 Å². The van der Waals surface area contributed by atoms with E-state index in [-0.39, 0.29) is 24.9 Å². The van der Waals surface area contributed by atoms with Gasteiger partial charge in [-0.3, -0.25) is 4.79 Å². The van der Waals surface area contributed by atoms with Crippen LogP contribution in [-0.4, -0.2) is 25.6 Å². The maximum atomic E-state index is 13.1. The van der Waals surface area contributed by atoms with Gasteiger partial charge in [0, 0.05) is 18.7 Å². The number of hydrogen-bond donors (Lipinski definition) is 2. The van der Waals surface area contributed by atoms with Crippen LogP contribution in [0.4, 0.5) is 4.39 Å². The molecule has 1 amide bonds. The van der Waals surface area contributed by atoms with Crippen LogP contribution in [0.15, 0.2) is 24.3 Å². The Labute approximate surface area is 93.6 Å². The molecular formula is C11H15FN2O2. The Morgan fingerprint density at radius 3 is 2.88 bits per heavy atom. The quantitative estimate of drug-likeness (QED) is 0.738. The van der Waals surface area contributed by atoms with Crippen LogP contribution in [-0.2, 0) is 16.1 Å². The molecule has 5 heteroatoms. The molecular weight excluding hydrogens is 211 g/mol. The molecule has 3 N–H and O–H groups in total. The first-order valence-corrected chi connectivity index (χ1v) is 5.02. The molecule has 0 aliphatic carbocycles. The summed E-state index contributed by atoms with van der Waals surface area (Å²) in [5, 5.41) is 2.55. The van der Waals surface area contributed by atoms with Crippen molar-refractivity contribution in [2.75, 3.05) is 19.7 Å². The molecule has 88 valence electrons. The summed E-state index contributed by atoms with van der Waals surface area (Å²) in [6, 6.07) is 6.30. The van der Waals surface area contributed by atoms with Gasteiger partial charge in [-0.15, -0.1) is 0 Å². The monoisotopic (exact) mass is 226 g/mol. The van der Waals surface area contributed by atoms with E-state index >= 15 is 0 Å². The van der Waals surface area contributed by atoms with Gasteiger partial charge in [0.25, 0.3) is 0 Å². The van der Waals surface area contributed by atoms with Crippen LogP contribution in [0.25, 0.3) is 0 Å². The number of hydrogen-bond acceptors (Lipinski definition) is 3. The molecule has 0 aliphatic heterocycles. The average Bonchev–Trinajstić information content (AvgIpc) is 2.29. The fraction of sp³-hybridized carbons (Fsp3) is 0.364. The summed E-state index contributed by atoms with van der Waals surface area (Å²) in [5.74, 6) is -0.577. The topological polar surface area (TPSA) is 64.3 Å². The molecule has 0 saturated carbocycles. The minimum absolute atomic E-state index is 0.0860. The zero-order chi connectivity index (χ0) is 11.8. The molecule has 0 fully saturated rings. The highest BCUT2D eigenvalue weighted by molar-refractivity contribution is 5.77. The number of nitrogens with two attached hydrogens (primary N) is 1. The standard InChI is InChI=1S/C11H15FN2O2/c12-10-4-2-1-3-9(10)7-16-8-11(15)14-6-5-13/h1-4H,5-8,13H2,(H,14,15). The Morgan fingerprint density at radius 2 is 2.19 bits per heavy atom. The number of rotatable bonds is 6. The van der Waals surface area contributed by atoms with Gasteiger partial charge in [-0.25, -0.2) is 4.39 Å². The first-order valence-electron chi connectivity index (χ1n) is 5.02. The molecule has 0 saturated heterocycles. The summed E-state index contributed by atoms with van der Waals surface area (Å²) < 4.78 is 18.2. The second kappa shape index (κ2) is 6.92. The highest BCUT2D eigenvalue weighted by Crippen LogP contribution is 2.07. The lowest BCUT2D eigenvalue weighted by Gasteiger charge is -2.05. The molecule has 1 rings (SSSR count). The molecule has 0 spiro atoms. The normalized spacial score (nSPS) is 10.1.